The molecule has 1 heterocycles. The van der Waals surface area contributed by atoms with Crippen LogP contribution in [0.3, 0.4) is 0 Å². The highest BCUT2D eigenvalue weighted by Gasteiger charge is 2.40. The van der Waals surface area contributed by atoms with Crippen molar-refractivity contribution in [2.24, 2.45) is 0 Å². The van der Waals surface area contributed by atoms with Gasteiger partial charge in [-0.3, -0.25) is 28.8 Å². The summed E-state index contributed by atoms with van der Waals surface area (Å²) in [5.74, 6) is -1.57. The van der Waals surface area contributed by atoms with E-state index >= 15 is 0 Å². The molecule has 0 bridgehead atoms. The number of fused-ring (bicyclic) bond motifs is 1. The number of ether oxygens (including phenoxy) is 4. The van der Waals surface area contributed by atoms with Crippen molar-refractivity contribution in [3.63, 3.8) is 0 Å². The fraction of sp³-hybridized carbons (Fsp3) is 0.194. The van der Waals surface area contributed by atoms with Crippen LogP contribution in [-0.2, 0) is 36.9 Å². The Bertz CT molecular complexity index is 1930. The summed E-state index contributed by atoms with van der Waals surface area (Å²) in [5.41, 5.74) is 1.74. The lowest BCUT2D eigenvalue weighted by molar-refractivity contribution is -0.140. The number of methoxy groups -OCH3 is 2. The smallest absolute Gasteiger partial charge is 0.375 e. The number of carbonyl (C=O) groups excluding carboxylic acids is 5. The molecule has 272 valence electrons. The quantitative estimate of drug-likeness (QED) is 0.0901. The summed E-state index contributed by atoms with van der Waals surface area (Å²) in [5, 5.41) is 2.97. The number of nitrogens with one attached hydrogen (secondary N) is 1. The van der Waals surface area contributed by atoms with Gasteiger partial charge in [-0.2, -0.15) is 0 Å². The van der Waals surface area contributed by atoms with Crippen LogP contribution in [0.1, 0.15) is 48.6 Å². The van der Waals surface area contributed by atoms with Gasteiger partial charge in [0.05, 0.1) is 35.9 Å². The lowest BCUT2D eigenvalue weighted by atomic mass is 9.85. The monoisotopic (exact) mass is 742 g/mol. The number of carbonyl (C=O) groups is 5. The third kappa shape index (κ3) is 9.28. The Hall–Kier alpha value is -5.99. The summed E-state index contributed by atoms with van der Waals surface area (Å²) in [4.78, 5) is 69.4. The standard InChI is InChI=1S/C36H33B2ClN2O12/c1-47-23-11-7-21(8-12-23)18-49-29-16-15-27(31(39)32(29)50-19-22-9-13-24(48-2)14-10-22)33(43)40-28(36(46)52-37)17-30(38-51-20-42)53-41-34(44)25-5-3-4-6-26(25)35(41)45/h3-16,20,28,30,38H,17-19,37H2,1-2H3,(H,40,43)/t28-,30-/m0/s1. The zero-order valence-electron chi connectivity index (χ0n) is 28.9. The van der Waals surface area contributed by atoms with E-state index in [0.29, 0.717) is 16.6 Å². The molecule has 0 radical (unpaired) electrons. The van der Waals surface area contributed by atoms with Crippen LogP contribution < -0.4 is 24.3 Å². The van der Waals surface area contributed by atoms with Crippen molar-refractivity contribution in [1.29, 1.82) is 0 Å². The predicted octanol–water partition coefficient (Wildman–Crippen LogP) is 3.17. The lowest BCUT2D eigenvalue weighted by Crippen LogP contribution is -2.47. The van der Waals surface area contributed by atoms with Gasteiger partial charge in [-0.15, -0.1) is 5.06 Å². The fourth-order valence-electron chi connectivity index (χ4n) is 5.28. The predicted molar refractivity (Wildman–Crippen MR) is 193 cm³/mol. The average Bonchev–Trinajstić information content (AvgIpc) is 3.42. The van der Waals surface area contributed by atoms with E-state index in [4.69, 9.17) is 44.7 Å². The topological polar surface area (TPSA) is 165 Å². The summed E-state index contributed by atoms with van der Waals surface area (Å²) in [7, 11) is 3.75. The van der Waals surface area contributed by atoms with Crippen molar-refractivity contribution in [2.45, 2.75) is 31.7 Å². The Kier molecular flexibility index (Phi) is 13.0. The van der Waals surface area contributed by atoms with Crippen molar-refractivity contribution in [2.75, 3.05) is 14.2 Å². The van der Waals surface area contributed by atoms with E-state index in [1.54, 1.807) is 62.8 Å². The minimum absolute atomic E-state index is 0.0476. The largest absolute Gasteiger partial charge is 0.542 e. The van der Waals surface area contributed by atoms with Crippen molar-refractivity contribution in [3.05, 3.63) is 118 Å². The Morgan fingerprint density at radius 3 is 1.94 bits per heavy atom. The number of halogens is 1. The van der Waals surface area contributed by atoms with E-state index in [2.05, 4.69) is 5.32 Å². The van der Waals surface area contributed by atoms with Gasteiger partial charge in [-0.25, -0.2) is 0 Å². The second-order valence-electron chi connectivity index (χ2n) is 11.4. The van der Waals surface area contributed by atoms with Crippen molar-refractivity contribution < 1.29 is 57.1 Å². The van der Waals surface area contributed by atoms with Crippen LogP contribution in [0, 0.1) is 0 Å². The second-order valence-corrected chi connectivity index (χ2v) is 11.8. The molecule has 0 saturated carbocycles. The van der Waals surface area contributed by atoms with E-state index in [1.165, 1.54) is 24.3 Å². The van der Waals surface area contributed by atoms with Crippen LogP contribution in [0.25, 0.3) is 0 Å². The van der Waals surface area contributed by atoms with Crippen LogP contribution >= 0.6 is 11.6 Å². The Morgan fingerprint density at radius 1 is 0.849 bits per heavy atom. The first-order chi connectivity index (χ1) is 25.7. The molecule has 2 atom stereocenters. The van der Waals surface area contributed by atoms with Gasteiger partial charge in [0.2, 0.25) is 0 Å². The van der Waals surface area contributed by atoms with Crippen LogP contribution in [0.2, 0.25) is 5.02 Å². The van der Waals surface area contributed by atoms with Gasteiger partial charge >= 0.3 is 21.5 Å². The molecule has 4 aromatic carbocycles. The molecule has 0 saturated heterocycles. The first-order valence-corrected chi connectivity index (χ1v) is 16.5. The minimum atomic E-state index is -1.42. The number of benzene rings is 4. The van der Waals surface area contributed by atoms with Crippen molar-refractivity contribution >= 4 is 57.3 Å². The van der Waals surface area contributed by atoms with Gasteiger partial charge in [0, 0.05) is 6.42 Å². The van der Waals surface area contributed by atoms with Gasteiger partial charge in [0.15, 0.2) is 11.5 Å². The third-order valence-electron chi connectivity index (χ3n) is 8.05. The Morgan fingerprint density at radius 2 is 1.42 bits per heavy atom. The molecular formula is C36H33B2ClN2O12. The van der Waals surface area contributed by atoms with Crippen LogP contribution in [-0.4, -0.2) is 77.0 Å². The number of hydroxylamine groups is 2. The third-order valence-corrected chi connectivity index (χ3v) is 8.43. The Balaban J connectivity index is 1.37. The highest BCUT2D eigenvalue weighted by molar-refractivity contribution is 6.35. The molecule has 0 unspecified atom stereocenters. The highest BCUT2D eigenvalue weighted by Crippen LogP contribution is 2.39. The number of nitrogens with zero attached hydrogens (tertiary/aromatic N) is 1. The molecule has 0 fully saturated rings. The van der Waals surface area contributed by atoms with Crippen LogP contribution in [0.15, 0.2) is 84.9 Å². The summed E-state index contributed by atoms with van der Waals surface area (Å²) >= 11 is 6.82. The SMILES string of the molecule is BOC(=O)[C@H](C[C@@H](BOC=O)ON1C(=O)c2ccccc2C1=O)NC(=O)c1ccc(OCc2ccc(OC)cc2)c(OCc2ccc(OC)cc2)c1Cl. The maximum atomic E-state index is 13.8. The molecule has 14 nitrogen and oxygen atoms in total. The first-order valence-electron chi connectivity index (χ1n) is 16.1. The molecule has 17 heteroatoms. The van der Waals surface area contributed by atoms with Gasteiger partial charge in [-0.1, -0.05) is 48.0 Å². The Labute approximate surface area is 310 Å². The zero-order chi connectivity index (χ0) is 37.9. The summed E-state index contributed by atoms with van der Waals surface area (Å²) < 4.78 is 32.4. The number of hydrogen-bond donors (Lipinski definition) is 1. The van der Waals surface area contributed by atoms with E-state index in [-0.39, 0.29) is 59.3 Å². The maximum absolute atomic E-state index is 13.8. The lowest BCUT2D eigenvalue weighted by Gasteiger charge is -2.25. The normalized spacial score (nSPS) is 12.9. The fourth-order valence-corrected chi connectivity index (χ4v) is 5.57. The molecule has 0 aliphatic carbocycles. The number of amides is 3. The van der Waals surface area contributed by atoms with Gasteiger partial charge < -0.3 is 33.6 Å². The molecule has 3 amide bonds. The summed E-state index contributed by atoms with van der Waals surface area (Å²) in [6.07, 6.45) is -0.388. The molecule has 4 aromatic rings. The number of imide groups is 1. The van der Waals surface area contributed by atoms with Gasteiger partial charge in [0.25, 0.3) is 24.2 Å². The van der Waals surface area contributed by atoms with Crippen molar-refractivity contribution in [3.8, 4) is 23.0 Å². The second kappa shape index (κ2) is 18.0. The first kappa shape index (κ1) is 38.2. The highest BCUT2D eigenvalue weighted by atomic mass is 35.5. The minimum Gasteiger partial charge on any atom is -0.542 e. The zero-order valence-corrected chi connectivity index (χ0v) is 29.6. The summed E-state index contributed by atoms with van der Waals surface area (Å²) in [6.45, 7) is 0.314. The van der Waals surface area contributed by atoms with Gasteiger partial charge in [-0.05, 0) is 59.7 Å². The molecule has 1 aliphatic rings. The summed E-state index contributed by atoms with van der Waals surface area (Å²) in [6, 6.07) is 20.7. The van der Waals surface area contributed by atoms with Crippen LogP contribution in [0.4, 0.5) is 0 Å². The van der Waals surface area contributed by atoms with E-state index in [1.807, 2.05) is 12.1 Å². The molecule has 0 spiro atoms. The van der Waals surface area contributed by atoms with Crippen molar-refractivity contribution in [1.82, 2.24) is 10.4 Å². The molecule has 5 rings (SSSR count). The average molecular weight is 743 g/mol. The number of hydrogen-bond acceptors (Lipinski definition) is 12. The van der Waals surface area contributed by atoms with E-state index in [9.17, 15) is 24.0 Å². The van der Waals surface area contributed by atoms with Crippen LogP contribution in [0.5, 0.6) is 23.0 Å². The molecule has 1 N–H and O–H groups in total. The number of rotatable bonds is 18. The molecule has 53 heavy (non-hydrogen) atoms. The molecular weight excluding hydrogens is 709 g/mol. The molecule has 1 aliphatic heterocycles. The molecule has 0 aromatic heterocycles. The van der Waals surface area contributed by atoms with E-state index < -0.39 is 43.2 Å². The maximum Gasteiger partial charge on any atom is 0.375 e. The van der Waals surface area contributed by atoms with E-state index in [0.717, 1.165) is 19.2 Å². The van der Waals surface area contributed by atoms with Gasteiger partial charge in [0.1, 0.15) is 36.8 Å².